The Kier molecular flexibility index (Phi) is 6.47. The summed E-state index contributed by atoms with van der Waals surface area (Å²) < 4.78 is 27.9. The minimum absolute atomic E-state index is 0.0796. The van der Waals surface area contributed by atoms with Gasteiger partial charge < -0.3 is 9.80 Å². The summed E-state index contributed by atoms with van der Waals surface area (Å²) in [5.74, 6) is 0.614. The zero-order valence-electron chi connectivity index (χ0n) is 17.5. The van der Waals surface area contributed by atoms with Gasteiger partial charge in [-0.3, -0.25) is 4.79 Å². The summed E-state index contributed by atoms with van der Waals surface area (Å²) in [5.41, 5.74) is 0.457. The van der Waals surface area contributed by atoms with Crippen molar-refractivity contribution in [2.45, 2.75) is 44.0 Å². The lowest BCUT2D eigenvalue weighted by Gasteiger charge is -2.36. The molecule has 0 bridgehead atoms. The molecule has 0 saturated carbocycles. The molecule has 28 heavy (non-hydrogen) atoms. The summed E-state index contributed by atoms with van der Waals surface area (Å²) in [7, 11) is 0.484. The number of hydrogen-bond acceptors (Lipinski definition) is 4. The van der Waals surface area contributed by atoms with Crippen LogP contribution in [0.4, 0.5) is 0 Å². The number of piperidine rings is 2. The maximum Gasteiger partial charge on any atom is 0.253 e. The molecule has 7 heteroatoms. The van der Waals surface area contributed by atoms with Gasteiger partial charge >= 0.3 is 0 Å². The van der Waals surface area contributed by atoms with Crippen molar-refractivity contribution in [3.63, 3.8) is 0 Å². The average molecular weight is 408 g/mol. The number of amides is 1. The summed E-state index contributed by atoms with van der Waals surface area (Å²) in [6, 6.07) is 6.92. The van der Waals surface area contributed by atoms with Crippen LogP contribution in [0.5, 0.6) is 0 Å². The molecule has 0 spiro atoms. The lowest BCUT2D eigenvalue weighted by atomic mass is 9.94. The van der Waals surface area contributed by atoms with E-state index in [1.807, 2.05) is 19.0 Å². The van der Waals surface area contributed by atoms with Gasteiger partial charge in [-0.2, -0.15) is 4.31 Å². The SMILES string of the molecule is CC1CC(C)CN(S(=O)(=O)c2cccc(C(=O)N3CCCC(N(C)C)C3)c2)C1. The molecule has 1 aromatic carbocycles. The Bertz CT molecular complexity index is 799. The number of carbonyl (C=O) groups is 1. The predicted molar refractivity (Wildman–Crippen MR) is 111 cm³/mol. The molecule has 6 nitrogen and oxygen atoms in total. The molecule has 1 aromatic rings. The van der Waals surface area contributed by atoms with Crippen molar-refractivity contribution in [3.8, 4) is 0 Å². The van der Waals surface area contributed by atoms with Crippen LogP contribution in [-0.2, 0) is 10.0 Å². The van der Waals surface area contributed by atoms with E-state index in [1.54, 1.807) is 28.6 Å². The van der Waals surface area contributed by atoms with E-state index in [0.717, 1.165) is 25.8 Å². The van der Waals surface area contributed by atoms with Crippen LogP contribution in [0.2, 0.25) is 0 Å². The number of rotatable bonds is 4. The molecule has 2 fully saturated rings. The van der Waals surface area contributed by atoms with Crippen LogP contribution in [0.3, 0.4) is 0 Å². The number of likely N-dealkylation sites (N-methyl/N-ethyl adjacent to an activating group) is 1. The molecule has 3 atom stereocenters. The van der Waals surface area contributed by atoms with Gasteiger partial charge in [-0.25, -0.2) is 8.42 Å². The number of likely N-dealkylation sites (tertiary alicyclic amines) is 1. The van der Waals surface area contributed by atoms with Crippen LogP contribution in [0.15, 0.2) is 29.2 Å². The first-order chi connectivity index (χ1) is 13.2. The Balaban J connectivity index is 1.80. The highest BCUT2D eigenvalue weighted by atomic mass is 32.2. The first-order valence-electron chi connectivity index (χ1n) is 10.2. The smallest absolute Gasteiger partial charge is 0.253 e. The highest BCUT2D eigenvalue weighted by Gasteiger charge is 2.32. The standard InChI is InChI=1S/C21H33N3O3S/c1-16-11-17(2)14-24(13-16)28(26,27)20-9-5-7-18(12-20)21(25)23-10-6-8-19(15-23)22(3)4/h5,7,9,12,16-17,19H,6,8,10-11,13-15H2,1-4H3. The van der Waals surface area contributed by atoms with Gasteiger partial charge in [0.15, 0.2) is 0 Å². The van der Waals surface area contributed by atoms with Crippen LogP contribution in [-0.4, -0.2) is 74.7 Å². The summed E-state index contributed by atoms with van der Waals surface area (Å²) in [6.45, 7) is 6.68. The zero-order valence-corrected chi connectivity index (χ0v) is 18.3. The molecule has 3 unspecified atom stereocenters. The number of sulfonamides is 1. The zero-order chi connectivity index (χ0) is 20.5. The van der Waals surface area contributed by atoms with Gasteiger partial charge in [0, 0.05) is 37.8 Å². The van der Waals surface area contributed by atoms with E-state index < -0.39 is 10.0 Å². The number of nitrogens with zero attached hydrogens (tertiary/aromatic N) is 3. The van der Waals surface area contributed by atoms with Crippen molar-refractivity contribution < 1.29 is 13.2 Å². The van der Waals surface area contributed by atoms with E-state index in [1.165, 1.54) is 0 Å². The molecule has 2 heterocycles. The third-order valence-corrected chi connectivity index (χ3v) is 7.80. The quantitative estimate of drug-likeness (QED) is 0.770. The first kappa shape index (κ1) is 21.3. The van der Waals surface area contributed by atoms with Crippen molar-refractivity contribution in [1.29, 1.82) is 0 Å². The molecule has 2 saturated heterocycles. The number of hydrogen-bond donors (Lipinski definition) is 0. The molecule has 2 aliphatic heterocycles. The normalized spacial score (nSPS) is 27.2. The van der Waals surface area contributed by atoms with E-state index in [2.05, 4.69) is 18.7 Å². The average Bonchev–Trinajstić information content (AvgIpc) is 2.67. The van der Waals surface area contributed by atoms with Gasteiger partial charge in [0.25, 0.3) is 5.91 Å². The third-order valence-electron chi connectivity index (χ3n) is 5.97. The first-order valence-corrected chi connectivity index (χ1v) is 11.7. The Morgan fingerprint density at radius 2 is 1.79 bits per heavy atom. The van der Waals surface area contributed by atoms with E-state index in [9.17, 15) is 13.2 Å². The van der Waals surface area contributed by atoms with E-state index in [4.69, 9.17) is 0 Å². The minimum atomic E-state index is -3.58. The van der Waals surface area contributed by atoms with Crippen molar-refractivity contribution in [2.24, 2.45) is 11.8 Å². The van der Waals surface area contributed by atoms with Crippen LogP contribution in [0, 0.1) is 11.8 Å². The molecule has 156 valence electrons. The minimum Gasteiger partial charge on any atom is -0.337 e. The molecule has 0 N–H and O–H groups in total. The number of carbonyl (C=O) groups excluding carboxylic acids is 1. The highest BCUT2D eigenvalue weighted by molar-refractivity contribution is 7.89. The second kappa shape index (κ2) is 8.51. The summed E-state index contributed by atoms with van der Waals surface area (Å²) >= 11 is 0. The number of benzene rings is 1. The van der Waals surface area contributed by atoms with Crippen molar-refractivity contribution in [3.05, 3.63) is 29.8 Å². The Hall–Kier alpha value is -1.44. The monoisotopic (exact) mass is 407 g/mol. The van der Waals surface area contributed by atoms with Gasteiger partial charge in [-0.05, 0) is 63.4 Å². The topological polar surface area (TPSA) is 60.9 Å². The predicted octanol–water partition coefficient (Wildman–Crippen LogP) is 2.52. The molecule has 0 aromatic heterocycles. The summed E-state index contributed by atoms with van der Waals surface area (Å²) in [4.78, 5) is 17.3. The van der Waals surface area contributed by atoms with Crippen LogP contribution in [0.1, 0.15) is 43.5 Å². The van der Waals surface area contributed by atoms with Gasteiger partial charge in [0.1, 0.15) is 0 Å². The summed E-state index contributed by atoms with van der Waals surface area (Å²) in [5, 5.41) is 0. The molecule has 0 radical (unpaired) electrons. The molecular formula is C21H33N3O3S. The van der Waals surface area contributed by atoms with E-state index in [0.29, 0.717) is 43.1 Å². The fraction of sp³-hybridized carbons (Fsp3) is 0.667. The molecule has 1 amide bonds. The largest absolute Gasteiger partial charge is 0.337 e. The molecule has 0 aliphatic carbocycles. The maximum absolute atomic E-state index is 13.2. The highest BCUT2D eigenvalue weighted by Crippen LogP contribution is 2.27. The van der Waals surface area contributed by atoms with E-state index >= 15 is 0 Å². The second-order valence-electron chi connectivity index (χ2n) is 8.81. The third kappa shape index (κ3) is 4.58. The molecule has 3 rings (SSSR count). The Labute approximate surface area is 169 Å². The van der Waals surface area contributed by atoms with Crippen molar-refractivity contribution in [1.82, 2.24) is 14.1 Å². The molecule has 2 aliphatic rings. The summed E-state index contributed by atoms with van der Waals surface area (Å²) in [6.07, 6.45) is 3.10. The lowest BCUT2D eigenvalue weighted by molar-refractivity contribution is 0.0635. The van der Waals surface area contributed by atoms with Gasteiger partial charge in [0.05, 0.1) is 4.90 Å². The molecular weight excluding hydrogens is 374 g/mol. The lowest BCUT2D eigenvalue weighted by Crippen LogP contribution is -2.47. The maximum atomic E-state index is 13.2. The van der Waals surface area contributed by atoms with Crippen LogP contribution in [0.25, 0.3) is 0 Å². The Morgan fingerprint density at radius 1 is 1.11 bits per heavy atom. The second-order valence-corrected chi connectivity index (χ2v) is 10.7. The Morgan fingerprint density at radius 3 is 2.43 bits per heavy atom. The van der Waals surface area contributed by atoms with Crippen molar-refractivity contribution in [2.75, 3.05) is 40.3 Å². The fourth-order valence-corrected chi connectivity index (χ4v) is 6.21. The van der Waals surface area contributed by atoms with Crippen molar-refractivity contribution >= 4 is 15.9 Å². The van der Waals surface area contributed by atoms with Crippen LogP contribution < -0.4 is 0 Å². The van der Waals surface area contributed by atoms with E-state index in [-0.39, 0.29) is 10.8 Å². The van der Waals surface area contributed by atoms with Gasteiger partial charge in [-0.1, -0.05) is 19.9 Å². The van der Waals surface area contributed by atoms with Gasteiger partial charge in [-0.15, -0.1) is 0 Å². The fourth-order valence-electron chi connectivity index (χ4n) is 4.48. The van der Waals surface area contributed by atoms with Crippen LogP contribution >= 0.6 is 0 Å². The van der Waals surface area contributed by atoms with Gasteiger partial charge in [0.2, 0.25) is 10.0 Å².